The maximum absolute atomic E-state index is 13.9. The summed E-state index contributed by atoms with van der Waals surface area (Å²) in [5, 5.41) is 6.68. The van der Waals surface area contributed by atoms with Crippen molar-refractivity contribution in [2.45, 2.75) is 26.7 Å². The first-order valence-corrected chi connectivity index (χ1v) is 7.18. The molecule has 0 spiro atoms. The molecule has 5 nitrogen and oxygen atoms in total. The van der Waals surface area contributed by atoms with Gasteiger partial charge in [-0.05, 0) is 25.5 Å². The van der Waals surface area contributed by atoms with Crippen molar-refractivity contribution in [1.29, 1.82) is 0 Å². The van der Waals surface area contributed by atoms with Gasteiger partial charge in [0.05, 0.1) is 0 Å². The van der Waals surface area contributed by atoms with Crippen molar-refractivity contribution < 1.29 is 9.18 Å². The van der Waals surface area contributed by atoms with Crippen LogP contribution in [0.4, 0.5) is 4.39 Å². The van der Waals surface area contributed by atoms with Crippen molar-refractivity contribution in [3.63, 3.8) is 0 Å². The average molecular weight is 303 g/mol. The van der Waals surface area contributed by atoms with E-state index in [9.17, 15) is 14.0 Å². The first-order valence-electron chi connectivity index (χ1n) is 7.18. The number of hydrogen-bond donors (Lipinski definition) is 1. The molecule has 1 N–H and O–H groups in total. The topological polar surface area (TPSA) is 64.0 Å². The molecule has 1 heterocycles. The van der Waals surface area contributed by atoms with Crippen LogP contribution in [0.1, 0.15) is 35.9 Å². The van der Waals surface area contributed by atoms with Gasteiger partial charge in [-0.3, -0.25) is 9.59 Å². The van der Waals surface area contributed by atoms with Crippen molar-refractivity contribution in [2.75, 3.05) is 6.54 Å². The molecule has 0 bridgehead atoms. The van der Waals surface area contributed by atoms with Gasteiger partial charge in [0.15, 0.2) is 5.69 Å². The minimum absolute atomic E-state index is 0.197. The number of rotatable bonds is 5. The molecule has 0 radical (unpaired) electrons. The van der Waals surface area contributed by atoms with Crippen LogP contribution in [0, 0.1) is 12.7 Å². The summed E-state index contributed by atoms with van der Waals surface area (Å²) in [4.78, 5) is 24.0. The van der Waals surface area contributed by atoms with E-state index in [1.165, 1.54) is 16.8 Å². The van der Waals surface area contributed by atoms with Crippen molar-refractivity contribution in [1.82, 2.24) is 15.1 Å². The molecule has 0 aliphatic carbocycles. The fourth-order valence-electron chi connectivity index (χ4n) is 2.03. The number of nitrogens with one attached hydrogen (secondary N) is 1. The standard InChI is InChI=1S/C16H18FN3O2/c1-3-4-9-18-16(22)15-14(21)10-11(2)20(19-15)13-8-6-5-7-12(13)17/h5-8,10H,3-4,9H2,1-2H3,(H,18,22). The number of aryl methyl sites for hydroxylation is 1. The third kappa shape index (κ3) is 3.39. The summed E-state index contributed by atoms with van der Waals surface area (Å²) in [6.45, 7) is 4.12. The Balaban J connectivity index is 2.42. The minimum Gasteiger partial charge on any atom is -0.351 e. The molecule has 0 saturated carbocycles. The fourth-order valence-corrected chi connectivity index (χ4v) is 2.03. The molecule has 0 fully saturated rings. The van der Waals surface area contributed by atoms with Gasteiger partial charge in [-0.25, -0.2) is 9.07 Å². The molecule has 0 aliphatic rings. The van der Waals surface area contributed by atoms with Gasteiger partial charge in [-0.15, -0.1) is 0 Å². The highest BCUT2D eigenvalue weighted by atomic mass is 19.1. The molecular formula is C16H18FN3O2. The molecule has 2 rings (SSSR count). The highest BCUT2D eigenvalue weighted by Crippen LogP contribution is 2.12. The molecule has 0 atom stereocenters. The Morgan fingerprint density at radius 1 is 1.36 bits per heavy atom. The van der Waals surface area contributed by atoms with Gasteiger partial charge in [0.2, 0.25) is 5.43 Å². The van der Waals surface area contributed by atoms with E-state index in [4.69, 9.17) is 0 Å². The predicted molar refractivity (Wildman–Crippen MR) is 81.8 cm³/mol. The van der Waals surface area contributed by atoms with E-state index in [0.29, 0.717) is 12.2 Å². The lowest BCUT2D eigenvalue weighted by Gasteiger charge is -2.12. The van der Waals surface area contributed by atoms with Crippen LogP contribution in [0.3, 0.4) is 0 Å². The second kappa shape index (κ2) is 6.98. The number of nitrogens with zero attached hydrogens (tertiary/aromatic N) is 2. The number of carbonyl (C=O) groups excluding carboxylic acids is 1. The fraction of sp³-hybridized carbons (Fsp3) is 0.312. The van der Waals surface area contributed by atoms with E-state index in [2.05, 4.69) is 10.4 Å². The van der Waals surface area contributed by atoms with Crippen LogP contribution in [0.2, 0.25) is 0 Å². The molecular weight excluding hydrogens is 285 g/mol. The number of carbonyl (C=O) groups is 1. The van der Waals surface area contributed by atoms with E-state index in [-0.39, 0.29) is 11.4 Å². The van der Waals surface area contributed by atoms with E-state index in [1.807, 2.05) is 6.92 Å². The lowest BCUT2D eigenvalue weighted by Crippen LogP contribution is -2.32. The summed E-state index contributed by atoms with van der Waals surface area (Å²) in [5.41, 5.74) is -0.0492. The number of unbranched alkanes of at least 4 members (excludes halogenated alkanes) is 1. The van der Waals surface area contributed by atoms with Gasteiger partial charge < -0.3 is 5.32 Å². The summed E-state index contributed by atoms with van der Waals surface area (Å²) < 4.78 is 15.2. The van der Waals surface area contributed by atoms with Crippen LogP contribution in [-0.2, 0) is 0 Å². The maximum Gasteiger partial charge on any atom is 0.275 e. The lowest BCUT2D eigenvalue weighted by molar-refractivity contribution is 0.0945. The van der Waals surface area contributed by atoms with Gasteiger partial charge in [0.1, 0.15) is 11.5 Å². The van der Waals surface area contributed by atoms with Gasteiger partial charge in [-0.1, -0.05) is 25.5 Å². The Morgan fingerprint density at radius 3 is 2.77 bits per heavy atom. The van der Waals surface area contributed by atoms with Crippen molar-refractivity contribution in [3.8, 4) is 5.69 Å². The summed E-state index contributed by atoms with van der Waals surface area (Å²) in [7, 11) is 0. The number of para-hydroxylation sites is 1. The first-order chi connectivity index (χ1) is 10.5. The van der Waals surface area contributed by atoms with E-state index in [1.54, 1.807) is 25.1 Å². The largest absolute Gasteiger partial charge is 0.351 e. The highest BCUT2D eigenvalue weighted by Gasteiger charge is 2.16. The van der Waals surface area contributed by atoms with Crippen molar-refractivity contribution in [2.24, 2.45) is 0 Å². The molecule has 116 valence electrons. The predicted octanol–water partition coefficient (Wildman–Crippen LogP) is 2.21. The van der Waals surface area contributed by atoms with Crippen molar-refractivity contribution >= 4 is 5.91 Å². The highest BCUT2D eigenvalue weighted by molar-refractivity contribution is 5.92. The SMILES string of the molecule is CCCCNC(=O)c1nn(-c2ccccc2F)c(C)cc1=O. The summed E-state index contributed by atoms with van der Waals surface area (Å²) in [6, 6.07) is 7.36. The Bertz CT molecular complexity index is 740. The van der Waals surface area contributed by atoms with Gasteiger partial charge in [0.25, 0.3) is 5.91 Å². The third-order valence-electron chi connectivity index (χ3n) is 3.22. The molecule has 0 unspecified atom stereocenters. The van der Waals surface area contributed by atoms with E-state index >= 15 is 0 Å². The molecule has 2 aromatic rings. The molecule has 1 amide bonds. The number of benzene rings is 1. The van der Waals surface area contributed by atoms with Crippen LogP contribution >= 0.6 is 0 Å². The lowest BCUT2D eigenvalue weighted by atomic mass is 10.2. The van der Waals surface area contributed by atoms with Gasteiger partial charge in [-0.2, -0.15) is 5.10 Å². The Labute approximate surface area is 127 Å². The number of amides is 1. The normalized spacial score (nSPS) is 10.5. The Hall–Kier alpha value is -2.50. The Kier molecular flexibility index (Phi) is 5.04. The molecule has 22 heavy (non-hydrogen) atoms. The zero-order valence-corrected chi connectivity index (χ0v) is 12.6. The molecule has 6 heteroatoms. The van der Waals surface area contributed by atoms with E-state index in [0.717, 1.165) is 12.8 Å². The van der Waals surface area contributed by atoms with Crippen molar-refractivity contribution in [3.05, 3.63) is 57.8 Å². The molecule has 0 saturated heterocycles. The third-order valence-corrected chi connectivity index (χ3v) is 3.22. The zero-order valence-electron chi connectivity index (χ0n) is 12.6. The molecule has 1 aromatic carbocycles. The van der Waals surface area contributed by atoms with E-state index < -0.39 is 17.2 Å². The van der Waals surface area contributed by atoms with Gasteiger partial charge >= 0.3 is 0 Å². The summed E-state index contributed by atoms with van der Waals surface area (Å²) in [5.74, 6) is -1.01. The number of aromatic nitrogens is 2. The summed E-state index contributed by atoms with van der Waals surface area (Å²) >= 11 is 0. The summed E-state index contributed by atoms with van der Waals surface area (Å²) in [6.07, 6.45) is 1.75. The van der Waals surface area contributed by atoms with Crippen LogP contribution in [0.15, 0.2) is 35.1 Å². The number of halogens is 1. The smallest absolute Gasteiger partial charge is 0.275 e. The Morgan fingerprint density at radius 2 is 2.09 bits per heavy atom. The zero-order chi connectivity index (χ0) is 16.1. The minimum atomic E-state index is -0.538. The quantitative estimate of drug-likeness (QED) is 0.861. The number of hydrogen-bond acceptors (Lipinski definition) is 3. The van der Waals surface area contributed by atoms with Gasteiger partial charge in [0, 0.05) is 18.3 Å². The molecule has 1 aromatic heterocycles. The van der Waals surface area contributed by atoms with Crippen LogP contribution in [0.25, 0.3) is 5.69 Å². The monoisotopic (exact) mass is 303 g/mol. The second-order valence-electron chi connectivity index (χ2n) is 4.97. The average Bonchev–Trinajstić information content (AvgIpc) is 2.48. The van der Waals surface area contributed by atoms with Crippen LogP contribution in [0.5, 0.6) is 0 Å². The second-order valence-corrected chi connectivity index (χ2v) is 4.97. The maximum atomic E-state index is 13.9. The van der Waals surface area contributed by atoms with Crippen LogP contribution in [-0.4, -0.2) is 22.2 Å². The molecule has 0 aliphatic heterocycles. The van der Waals surface area contributed by atoms with Crippen LogP contribution < -0.4 is 10.7 Å². The first kappa shape index (κ1) is 15.9.